The van der Waals surface area contributed by atoms with Crippen molar-refractivity contribution in [2.24, 2.45) is 5.92 Å². The van der Waals surface area contributed by atoms with Gasteiger partial charge >= 0.3 is 0 Å². The van der Waals surface area contributed by atoms with E-state index in [4.69, 9.17) is 11.5 Å². The fraction of sp³-hybridized carbons (Fsp3) is 0.455. The molecule has 0 aromatic heterocycles. The Balaban J connectivity index is 1.62. The first-order chi connectivity index (χ1) is 11.7. The molecule has 0 bridgehead atoms. The van der Waals surface area contributed by atoms with Crippen molar-refractivity contribution in [1.82, 2.24) is 0 Å². The molecule has 1 fully saturated rings. The molecule has 2 aromatic rings. The van der Waals surface area contributed by atoms with E-state index < -0.39 is 0 Å². The van der Waals surface area contributed by atoms with Crippen LogP contribution in [0.4, 0.5) is 11.4 Å². The van der Waals surface area contributed by atoms with Gasteiger partial charge in [-0.15, -0.1) is 0 Å². The van der Waals surface area contributed by atoms with E-state index in [2.05, 4.69) is 31.2 Å². The minimum absolute atomic E-state index is 0.754. The van der Waals surface area contributed by atoms with Crippen LogP contribution in [-0.2, 0) is 6.42 Å². The number of nitrogens with two attached hydrogens (primary N) is 2. The zero-order valence-electron chi connectivity index (χ0n) is 14.8. The number of anilines is 2. The van der Waals surface area contributed by atoms with E-state index >= 15 is 0 Å². The van der Waals surface area contributed by atoms with E-state index in [0.29, 0.717) is 0 Å². The zero-order chi connectivity index (χ0) is 16.9. The second-order valence-electron chi connectivity index (χ2n) is 7.38. The Bertz CT molecular complexity index is 652. The number of rotatable bonds is 5. The Labute approximate surface area is 146 Å². The van der Waals surface area contributed by atoms with E-state index in [1.807, 2.05) is 18.2 Å². The second kappa shape index (κ2) is 7.74. The molecule has 1 aliphatic carbocycles. The van der Waals surface area contributed by atoms with Crippen LogP contribution in [0.15, 0.2) is 42.5 Å². The van der Waals surface area contributed by atoms with Crippen LogP contribution in [0.3, 0.4) is 0 Å². The molecule has 2 nitrogen and oxygen atoms in total. The number of nitrogen functional groups attached to an aromatic ring is 2. The van der Waals surface area contributed by atoms with Gasteiger partial charge in [0.15, 0.2) is 0 Å². The van der Waals surface area contributed by atoms with Gasteiger partial charge in [0.1, 0.15) is 0 Å². The van der Waals surface area contributed by atoms with E-state index in [1.54, 1.807) is 0 Å². The van der Waals surface area contributed by atoms with Crippen molar-refractivity contribution < 1.29 is 0 Å². The van der Waals surface area contributed by atoms with Crippen LogP contribution < -0.4 is 11.5 Å². The van der Waals surface area contributed by atoms with Gasteiger partial charge in [0.25, 0.3) is 0 Å². The van der Waals surface area contributed by atoms with Crippen LogP contribution in [0.25, 0.3) is 0 Å². The van der Waals surface area contributed by atoms with Gasteiger partial charge in [-0.05, 0) is 78.8 Å². The molecule has 128 valence electrons. The van der Waals surface area contributed by atoms with Crippen molar-refractivity contribution in [2.75, 3.05) is 11.5 Å². The highest BCUT2D eigenvalue weighted by Crippen LogP contribution is 2.37. The maximum atomic E-state index is 6.07. The Morgan fingerprint density at radius 2 is 1.62 bits per heavy atom. The van der Waals surface area contributed by atoms with E-state index in [-0.39, 0.29) is 0 Å². The summed E-state index contributed by atoms with van der Waals surface area (Å²) in [7, 11) is 0. The lowest BCUT2D eigenvalue weighted by atomic mass is 9.77. The molecule has 4 N–H and O–H groups in total. The van der Waals surface area contributed by atoms with Crippen LogP contribution in [0.5, 0.6) is 0 Å². The fourth-order valence-electron chi connectivity index (χ4n) is 4.10. The van der Waals surface area contributed by atoms with Crippen molar-refractivity contribution in [2.45, 2.75) is 57.8 Å². The smallest absolute Gasteiger partial charge is 0.0351 e. The van der Waals surface area contributed by atoms with E-state index in [1.165, 1.54) is 49.7 Å². The molecule has 2 aromatic carbocycles. The average molecular weight is 322 g/mol. The lowest BCUT2D eigenvalue weighted by Crippen LogP contribution is -2.13. The second-order valence-corrected chi connectivity index (χ2v) is 7.38. The van der Waals surface area contributed by atoms with Crippen LogP contribution in [0.2, 0.25) is 0 Å². The number of benzene rings is 2. The van der Waals surface area contributed by atoms with E-state index in [0.717, 1.165) is 35.2 Å². The van der Waals surface area contributed by atoms with Gasteiger partial charge in [0.05, 0.1) is 0 Å². The Morgan fingerprint density at radius 3 is 2.29 bits per heavy atom. The molecule has 3 rings (SSSR count). The molecule has 2 heteroatoms. The maximum Gasteiger partial charge on any atom is 0.0351 e. The highest BCUT2D eigenvalue weighted by Gasteiger charge is 2.21. The maximum absolute atomic E-state index is 6.07. The molecule has 0 aliphatic heterocycles. The normalized spacial score (nSPS) is 20.9. The Hall–Kier alpha value is -1.96. The molecule has 0 radical (unpaired) electrons. The van der Waals surface area contributed by atoms with Crippen molar-refractivity contribution in [1.29, 1.82) is 0 Å². The highest BCUT2D eigenvalue weighted by atomic mass is 14.6. The van der Waals surface area contributed by atoms with Crippen molar-refractivity contribution in [3.05, 3.63) is 59.2 Å². The van der Waals surface area contributed by atoms with E-state index in [9.17, 15) is 0 Å². The minimum atomic E-state index is 0.754. The highest BCUT2D eigenvalue weighted by molar-refractivity contribution is 5.56. The summed E-state index contributed by atoms with van der Waals surface area (Å²) in [5, 5.41) is 0. The summed E-state index contributed by atoms with van der Waals surface area (Å²) in [6.45, 7) is 2.30. The third kappa shape index (κ3) is 4.11. The topological polar surface area (TPSA) is 52.0 Å². The molecule has 0 atom stereocenters. The third-order valence-electron chi connectivity index (χ3n) is 5.56. The minimum Gasteiger partial charge on any atom is -0.399 e. The summed E-state index contributed by atoms with van der Waals surface area (Å²) >= 11 is 0. The predicted molar refractivity (Wildman–Crippen MR) is 104 cm³/mol. The fourth-order valence-corrected chi connectivity index (χ4v) is 4.10. The molecular formula is C22H30N2. The standard InChI is InChI=1S/C22H30N2/c1-2-3-16-4-8-18(9-5-16)19-10-6-17(7-11-19)14-20-15-21(23)12-13-22(20)24/h6-7,10-13,15-16,18H,2-5,8-9,14,23-24H2,1H3. The lowest BCUT2D eigenvalue weighted by molar-refractivity contribution is 0.308. The molecule has 0 spiro atoms. The Morgan fingerprint density at radius 1 is 0.917 bits per heavy atom. The first-order valence-corrected chi connectivity index (χ1v) is 9.38. The first-order valence-electron chi connectivity index (χ1n) is 9.38. The number of hydrogen-bond acceptors (Lipinski definition) is 2. The van der Waals surface area contributed by atoms with Gasteiger partial charge in [-0.1, -0.05) is 44.0 Å². The van der Waals surface area contributed by atoms with Gasteiger partial charge in [0, 0.05) is 11.4 Å². The monoisotopic (exact) mass is 322 g/mol. The SMILES string of the molecule is CCCC1CCC(c2ccc(Cc3cc(N)ccc3N)cc2)CC1. The quantitative estimate of drug-likeness (QED) is 0.712. The van der Waals surface area contributed by atoms with Gasteiger partial charge in [0.2, 0.25) is 0 Å². The summed E-state index contributed by atoms with van der Waals surface area (Å²) < 4.78 is 0. The summed E-state index contributed by atoms with van der Waals surface area (Å²) in [6.07, 6.45) is 9.10. The van der Waals surface area contributed by atoms with Crippen molar-refractivity contribution >= 4 is 11.4 Å². The number of hydrogen-bond donors (Lipinski definition) is 2. The van der Waals surface area contributed by atoms with Gasteiger partial charge in [-0.2, -0.15) is 0 Å². The molecule has 24 heavy (non-hydrogen) atoms. The first kappa shape index (κ1) is 16.9. The van der Waals surface area contributed by atoms with Crippen LogP contribution in [0, 0.1) is 5.92 Å². The van der Waals surface area contributed by atoms with Gasteiger partial charge in [-0.3, -0.25) is 0 Å². The summed E-state index contributed by atoms with van der Waals surface area (Å²) in [4.78, 5) is 0. The van der Waals surface area contributed by atoms with Crippen molar-refractivity contribution in [3.63, 3.8) is 0 Å². The van der Waals surface area contributed by atoms with Crippen LogP contribution >= 0.6 is 0 Å². The molecular weight excluding hydrogens is 292 g/mol. The van der Waals surface area contributed by atoms with Gasteiger partial charge in [-0.25, -0.2) is 0 Å². The van der Waals surface area contributed by atoms with Gasteiger partial charge < -0.3 is 11.5 Å². The molecule has 0 unspecified atom stereocenters. The third-order valence-corrected chi connectivity index (χ3v) is 5.56. The molecule has 0 saturated heterocycles. The molecule has 1 aliphatic rings. The Kier molecular flexibility index (Phi) is 5.44. The largest absolute Gasteiger partial charge is 0.399 e. The summed E-state index contributed by atoms with van der Waals surface area (Å²) in [6, 6.07) is 14.9. The molecule has 0 heterocycles. The summed E-state index contributed by atoms with van der Waals surface area (Å²) in [5.74, 6) is 1.72. The van der Waals surface area contributed by atoms with Crippen molar-refractivity contribution in [3.8, 4) is 0 Å². The summed E-state index contributed by atoms with van der Waals surface area (Å²) in [5.41, 5.74) is 17.5. The average Bonchev–Trinajstić information content (AvgIpc) is 2.60. The predicted octanol–water partition coefficient (Wildman–Crippen LogP) is 5.52. The zero-order valence-corrected chi connectivity index (χ0v) is 14.8. The van der Waals surface area contributed by atoms with Crippen LogP contribution in [-0.4, -0.2) is 0 Å². The molecule has 1 saturated carbocycles. The molecule has 0 amide bonds. The lowest BCUT2D eigenvalue weighted by Gasteiger charge is -2.28. The van der Waals surface area contributed by atoms with Crippen LogP contribution in [0.1, 0.15) is 68.1 Å².